The number of carbonyl (C=O) groups is 2. The van der Waals surface area contributed by atoms with Crippen LogP contribution >= 0.6 is 0 Å². The Balaban J connectivity index is 3.00. The van der Waals surface area contributed by atoms with E-state index in [1.807, 2.05) is 0 Å². The third-order valence-electron chi connectivity index (χ3n) is 4.33. The highest BCUT2D eigenvalue weighted by molar-refractivity contribution is 6.00. The summed E-state index contributed by atoms with van der Waals surface area (Å²) in [6.45, 7) is 2.10. The summed E-state index contributed by atoms with van der Waals surface area (Å²) in [6.07, 6.45) is 7.46. The quantitative estimate of drug-likeness (QED) is 0.405. The first kappa shape index (κ1) is 16.0. The van der Waals surface area contributed by atoms with Crippen molar-refractivity contribution in [3.05, 3.63) is 0 Å². The van der Waals surface area contributed by atoms with E-state index in [-0.39, 0.29) is 5.92 Å². The number of hydrogen-bond acceptors (Lipinski definition) is 4. The minimum atomic E-state index is -1.07. The van der Waals surface area contributed by atoms with Crippen LogP contribution in [0.25, 0.3) is 0 Å². The first-order chi connectivity index (χ1) is 9.13. The molecule has 19 heavy (non-hydrogen) atoms. The van der Waals surface area contributed by atoms with Crippen LogP contribution in [0.5, 0.6) is 0 Å². The van der Waals surface area contributed by atoms with Crippen LogP contribution in [0.3, 0.4) is 0 Å². The largest absolute Gasteiger partial charge is 0.468 e. The Morgan fingerprint density at radius 3 is 2.00 bits per heavy atom. The molecule has 0 aromatic rings. The van der Waals surface area contributed by atoms with Crippen molar-refractivity contribution in [2.45, 2.75) is 58.3 Å². The Morgan fingerprint density at radius 1 is 1.05 bits per heavy atom. The zero-order valence-corrected chi connectivity index (χ0v) is 12.4. The first-order valence-electron chi connectivity index (χ1n) is 7.30. The predicted octanol–water partition coefficient (Wildman–Crippen LogP) is 3.09. The second-order valence-corrected chi connectivity index (χ2v) is 5.39. The molecule has 0 aromatic heterocycles. The van der Waals surface area contributed by atoms with Crippen LogP contribution in [0.2, 0.25) is 0 Å². The summed E-state index contributed by atoms with van der Waals surface area (Å²) in [6, 6.07) is 0. The second kappa shape index (κ2) is 7.51. The lowest BCUT2D eigenvalue weighted by Crippen LogP contribution is -2.46. The molecule has 0 radical (unpaired) electrons. The number of ether oxygens (including phenoxy) is 2. The maximum atomic E-state index is 12.3. The van der Waals surface area contributed by atoms with E-state index in [1.165, 1.54) is 14.2 Å². The average Bonchev–Trinajstić information content (AvgIpc) is 2.96. The number of carbonyl (C=O) groups excluding carboxylic acids is 2. The highest BCUT2D eigenvalue weighted by atomic mass is 16.5. The summed E-state index contributed by atoms with van der Waals surface area (Å²) in [5, 5.41) is 0. The third-order valence-corrected chi connectivity index (χ3v) is 4.33. The molecule has 1 aliphatic rings. The molecule has 0 saturated heterocycles. The third kappa shape index (κ3) is 3.28. The van der Waals surface area contributed by atoms with Gasteiger partial charge in [-0.05, 0) is 25.2 Å². The summed E-state index contributed by atoms with van der Waals surface area (Å²) in [5.74, 6) is -0.756. The fourth-order valence-electron chi connectivity index (χ4n) is 3.26. The maximum absolute atomic E-state index is 12.3. The standard InChI is InChI=1S/C15H26O4/c1-4-5-8-11-15(13(16)18-2,14(17)19-3)12-9-6-7-10-12/h12H,4-11H2,1-3H3. The number of rotatable bonds is 7. The minimum absolute atomic E-state index is 0.0734. The molecule has 4 heteroatoms. The van der Waals surface area contributed by atoms with Crippen LogP contribution < -0.4 is 0 Å². The van der Waals surface area contributed by atoms with Crippen LogP contribution in [0.15, 0.2) is 0 Å². The van der Waals surface area contributed by atoms with Crippen LogP contribution in [-0.4, -0.2) is 26.2 Å². The van der Waals surface area contributed by atoms with Crippen LogP contribution in [0.4, 0.5) is 0 Å². The van der Waals surface area contributed by atoms with Crippen molar-refractivity contribution in [3.8, 4) is 0 Å². The van der Waals surface area contributed by atoms with Gasteiger partial charge in [0.2, 0.25) is 0 Å². The Bertz CT molecular complexity index is 289. The van der Waals surface area contributed by atoms with Crippen molar-refractivity contribution < 1.29 is 19.1 Å². The normalized spacial score (nSPS) is 16.4. The Labute approximate surface area is 115 Å². The predicted molar refractivity (Wildman–Crippen MR) is 72.6 cm³/mol. The highest BCUT2D eigenvalue weighted by Crippen LogP contribution is 2.45. The van der Waals surface area contributed by atoms with Crippen molar-refractivity contribution in [2.75, 3.05) is 14.2 Å². The van der Waals surface area contributed by atoms with E-state index in [0.717, 1.165) is 44.9 Å². The number of hydrogen-bond donors (Lipinski definition) is 0. The van der Waals surface area contributed by atoms with Crippen molar-refractivity contribution in [3.63, 3.8) is 0 Å². The highest BCUT2D eigenvalue weighted by Gasteiger charge is 2.54. The SMILES string of the molecule is CCCCCC(C(=O)OC)(C(=O)OC)C1CCCC1. The molecule has 110 valence electrons. The smallest absolute Gasteiger partial charge is 0.323 e. The molecular formula is C15H26O4. The molecule has 1 rings (SSSR count). The van der Waals surface area contributed by atoms with Gasteiger partial charge in [-0.1, -0.05) is 39.0 Å². The van der Waals surface area contributed by atoms with Crippen LogP contribution in [-0.2, 0) is 19.1 Å². The molecule has 0 bridgehead atoms. The molecule has 0 atom stereocenters. The van der Waals surface area contributed by atoms with Gasteiger partial charge in [0.05, 0.1) is 14.2 Å². The van der Waals surface area contributed by atoms with E-state index in [1.54, 1.807) is 0 Å². The molecule has 4 nitrogen and oxygen atoms in total. The van der Waals surface area contributed by atoms with Gasteiger partial charge in [0, 0.05) is 0 Å². The molecule has 0 amide bonds. The first-order valence-corrected chi connectivity index (χ1v) is 7.30. The van der Waals surface area contributed by atoms with Gasteiger partial charge in [-0.2, -0.15) is 0 Å². The lowest BCUT2D eigenvalue weighted by Gasteiger charge is -2.33. The van der Waals surface area contributed by atoms with Gasteiger partial charge >= 0.3 is 11.9 Å². The summed E-state index contributed by atoms with van der Waals surface area (Å²) in [7, 11) is 2.71. The fourth-order valence-corrected chi connectivity index (χ4v) is 3.26. The summed E-state index contributed by atoms with van der Waals surface area (Å²) >= 11 is 0. The van der Waals surface area contributed by atoms with E-state index in [9.17, 15) is 9.59 Å². The van der Waals surface area contributed by atoms with Gasteiger partial charge in [0.15, 0.2) is 5.41 Å². The molecule has 0 aliphatic heterocycles. The Morgan fingerprint density at radius 2 is 1.58 bits per heavy atom. The topological polar surface area (TPSA) is 52.6 Å². The van der Waals surface area contributed by atoms with Gasteiger partial charge in [-0.25, -0.2) is 0 Å². The van der Waals surface area contributed by atoms with E-state index < -0.39 is 17.4 Å². The molecule has 0 unspecified atom stereocenters. The van der Waals surface area contributed by atoms with Gasteiger partial charge in [0.25, 0.3) is 0 Å². The van der Waals surface area contributed by atoms with Crippen molar-refractivity contribution in [1.82, 2.24) is 0 Å². The van der Waals surface area contributed by atoms with Gasteiger partial charge in [-0.3, -0.25) is 9.59 Å². The van der Waals surface area contributed by atoms with E-state index >= 15 is 0 Å². The zero-order chi connectivity index (χ0) is 14.3. The molecule has 1 saturated carbocycles. The monoisotopic (exact) mass is 270 g/mol. The number of methoxy groups -OCH3 is 2. The lowest BCUT2D eigenvalue weighted by molar-refractivity contribution is -0.174. The molecule has 0 N–H and O–H groups in total. The molecule has 1 fully saturated rings. The van der Waals surface area contributed by atoms with Crippen molar-refractivity contribution >= 4 is 11.9 Å². The Kier molecular flexibility index (Phi) is 6.32. The van der Waals surface area contributed by atoms with Gasteiger partial charge < -0.3 is 9.47 Å². The van der Waals surface area contributed by atoms with Gasteiger partial charge in [-0.15, -0.1) is 0 Å². The van der Waals surface area contributed by atoms with E-state index in [2.05, 4.69) is 6.92 Å². The second-order valence-electron chi connectivity index (χ2n) is 5.39. The Hall–Kier alpha value is -1.06. The summed E-state index contributed by atoms with van der Waals surface area (Å²) in [4.78, 5) is 24.6. The molecule has 0 heterocycles. The van der Waals surface area contributed by atoms with Crippen LogP contribution in [0, 0.1) is 11.3 Å². The van der Waals surface area contributed by atoms with Crippen molar-refractivity contribution in [2.24, 2.45) is 11.3 Å². The lowest BCUT2D eigenvalue weighted by atomic mass is 9.70. The molecule has 1 aliphatic carbocycles. The number of unbranched alkanes of at least 4 members (excludes halogenated alkanes) is 2. The van der Waals surface area contributed by atoms with Crippen LogP contribution in [0.1, 0.15) is 58.3 Å². The zero-order valence-electron chi connectivity index (χ0n) is 12.4. The van der Waals surface area contributed by atoms with Crippen molar-refractivity contribution in [1.29, 1.82) is 0 Å². The van der Waals surface area contributed by atoms with Gasteiger partial charge in [0.1, 0.15) is 0 Å². The molecule has 0 spiro atoms. The molecular weight excluding hydrogens is 244 g/mol. The van der Waals surface area contributed by atoms with E-state index in [0.29, 0.717) is 6.42 Å². The summed E-state index contributed by atoms with van der Waals surface area (Å²) < 4.78 is 9.88. The minimum Gasteiger partial charge on any atom is -0.468 e. The maximum Gasteiger partial charge on any atom is 0.323 e. The molecule has 0 aromatic carbocycles. The average molecular weight is 270 g/mol. The van der Waals surface area contributed by atoms with E-state index in [4.69, 9.17) is 9.47 Å². The fraction of sp³-hybridized carbons (Fsp3) is 0.867. The summed E-state index contributed by atoms with van der Waals surface area (Å²) in [5.41, 5.74) is -1.07. The number of esters is 2.